The summed E-state index contributed by atoms with van der Waals surface area (Å²) in [6.07, 6.45) is 1.82. The van der Waals surface area contributed by atoms with Crippen molar-refractivity contribution in [3.05, 3.63) is 64.1 Å². The smallest absolute Gasteiger partial charge is 0.185 e. The molecule has 2 aromatic carbocycles. The van der Waals surface area contributed by atoms with E-state index in [2.05, 4.69) is 10.3 Å². The van der Waals surface area contributed by atoms with Gasteiger partial charge < -0.3 is 14.4 Å². The maximum Gasteiger partial charge on any atom is 0.185 e. The van der Waals surface area contributed by atoms with Crippen molar-refractivity contribution in [2.24, 2.45) is 0 Å². The number of aromatic nitrogens is 1. The number of ether oxygens (including phenoxy) is 2. The van der Waals surface area contributed by atoms with Gasteiger partial charge in [0, 0.05) is 36.0 Å². The average molecular weight is 493 g/mol. The molecular weight excluding hydrogens is 468 g/mol. The normalized spacial score (nSPS) is 15.0. The minimum absolute atomic E-state index is 0.339. The van der Waals surface area contributed by atoms with E-state index >= 15 is 0 Å². The number of hydrogen-bond donors (Lipinski definition) is 0. The molecule has 170 valence electrons. The quantitative estimate of drug-likeness (QED) is 0.469. The number of anilines is 1. The zero-order chi connectivity index (χ0) is 22.7. The van der Waals surface area contributed by atoms with Crippen LogP contribution in [0, 0.1) is 0 Å². The number of sulfone groups is 1. The standard InChI is InChI=1S/C23H25ClN2O4S2/c1-29-19-12-16(13-20(14-19)30-2)11-18-15-31-23(25-18)26-9-7-22(8-10-26)32(27,28)21-5-3-17(24)4-6-21/h3-6,12-15,22H,7-11H2,1-2H3. The van der Waals surface area contributed by atoms with Gasteiger partial charge in [-0.25, -0.2) is 13.4 Å². The van der Waals surface area contributed by atoms with Crippen LogP contribution in [0.4, 0.5) is 5.13 Å². The summed E-state index contributed by atoms with van der Waals surface area (Å²) in [6.45, 7) is 1.33. The molecule has 0 saturated carbocycles. The van der Waals surface area contributed by atoms with E-state index < -0.39 is 9.84 Å². The van der Waals surface area contributed by atoms with Crippen LogP contribution in [0.15, 0.2) is 52.7 Å². The van der Waals surface area contributed by atoms with Crippen molar-refractivity contribution in [1.29, 1.82) is 0 Å². The van der Waals surface area contributed by atoms with Crippen LogP contribution in [0.2, 0.25) is 5.02 Å². The third-order valence-corrected chi connectivity index (χ3v) is 9.11. The maximum absolute atomic E-state index is 13.0. The summed E-state index contributed by atoms with van der Waals surface area (Å²) < 4.78 is 36.6. The molecule has 1 aliphatic heterocycles. The van der Waals surface area contributed by atoms with Gasteiger partial charge in [-0.3, -0.25) is 0 Å². The molecule has 0 spiro atoms. The maximum atomic E-state index is 13.0. The molecule has 0 unspecified atom stereocenters. The highest BCUT2D eigenvalue weighted by atomic mass is 35.5. The first-order valence-electron chi connectivity index (χ1n) is 10.3. The van der Waals surface area contributed by atoms with Crippen LogP contribution in [-0.4, -0.2) is 46.0 Å². The van der Waals surface area contributed by atoms with Crippen molar-refractivity contribution in [2.45, 2.75) is 29.4 Å². The molecule has 0 atom stereocenters. The van der Waals surface area contributed by atoms with Crippen molar-refractivity contribution in [1.82, 2.24) is 4.98 Å². The molecule has 0 N–H and O–H groups in total. The van der Waals surface area contributed by atoms with Gasteiger partial charge >= 0.3 is 0 Å². The van der Waals surface area contributed by atoms with Gasteiger partial charge in [0.15, 0.2) is 15.0 Å². The van der Waals surface area contributed by atoms with Crippen LogP contribution in [0.5, 0.6) is 11.5 Å². The Kier molecular flexibility index (Phi) is 6.93. The van der Waals surface area contributed by atoms with Crippen LogP contribution in [0.3, 0.4) is 0 Å². The van der Waals surface area contributed by atoms with Gasteiger partial charge in [0.05, 0.1) is 30.1 Å². The van der Waals surface area contributed by atoms with E-state index in [1.165, 1.54) is 0 Å². The van der Waals surface area contributed by atoms with Gasteiger partial charge in [-0.05, 0) is 54.8 Å². The highest BCUT2D eigenvalue weighted by Crippen LogP contribution is 2.31. The first kappa shape index (κ1) is 22.9. The van der Waals surface area contributed by atoms with Crippen LogP contribution < -0.4 is 14.4 Å². The fourth-order valence-corrected chi connectivity index (χ4v) is 6.61. The predicted molar refractivity (Wildman–Crippen MR) is 128 cm³/mol. The van der Waals surface area contributed by atoms with Gasteiger partial charge in [-0.1, -0.05) is 11.6 Å². The molecule has 1 saturated heterocycles. The number of halogens is 1. The van der Waals surface area contributed by atoms with Crippen LogP contribution in [0.25, 0.3) is 0 Å². The Bertz CT molecular complexity index is 1150. The number of hydrogen-bond acceptors (Lipinski definition) is 7. The Morgan fingerprint density at radius 1 is 1.06 bits per heavy atom. The largest absolute Gasteiger partial charge is 0.497 e. The molecule has 0 radical (unpaired) electrons. The summed E-state index contributed by atoms with van der Waals surface area (Å²) in [7, 11) is -0.0889. The van der Waals surface area contributed by atoms with E-state index in [-0.39, 0.29) is 5.25 Å². The molecule has 1 aliphatic rings. The molecule has 0 amide bonds. The van der Waals surface area contributed by atoms with Crippen LogP contribution in [0.1, 0.15) is 24.1 Å². The van der Waals surface area contributed by atoms with E-state index in [1.807, 2.05) is 18.2 Å². The van der Waals surface area contributed by atoms with Gasteiger partial charge in [0.1, 0.15) is 11.5 Å². The molecule has 0 bridgehead atoms. The summed E-state index contributed by atoms with van der Waals surface area (Å²) in [4.78, 5) is 7.31. The minimum atomic E-state index is -3.36. The molecule has 6 nitrogen and oxygen atoms in total. The van der Waals surface area contributed by atoms with Gasteiger partial charge in [0.2, 0.25) is 0 Å². The first-order chi connectivity index (χ1) is 15.4. The van der Waals surface area contributed by atoms with Crippen molar-refractivity contribution in [3.8, 4) is 11.5 Å². The Labute approximate surface area is 197 Å². The van der Waals surface area contributed by atoms with E-state index in [9.17, 15) is 8.42 Å². The Balaban J connectivity index is 1.40. The minimum Gasteiger partial charge on any atom is -0.497 e. The van der Waals surface area contributed by atoms with Crippen molar-refractivity contribution in [2.75, 3.05) is 32.2 Å². The van der Waals surface area contributed by atoms with E-state index in [1.54, 1.807) is 49.8 Å². The zero-order valence-electron chi connectivity index (χ0n) is 18.0. The number of methoxy groups -OCH3 is 2. The van der Waals surface area contributed by atoms with Crippen molar-refractivity contribution < 1.29 is 17.9 Å². The third kappa shape index (κ3) is 5.03. The lowest BCUT2D eigenvalue weighted by molar-refractivity contribution is 0.393. The van der Waals surface area contributed by atoms with Crippen molar-refractivity contribution >= 4 is 37.9 Å². The summed E-state index contributed by atoms with van der Waals surface area (Å²) in [5.74, 6) is 1.50. The van der Waals surface area contributed by atoms with Gasteiger partial charge in [-0.15, -0.1) is 11.3 Å². The monoisotopic (exact) mass is 492 g/mol. The average Bonchev–Trinajstić information content (AvgIpc) is 3.27. The van der Waals surface area contributed by atoms with Gasteiger partial charge in [-0.2, -0.15) is 0 Å². The molecule has 1 fully saturated rings. The second-order valence-electron chi connectivity index (χ2n) is 7.70. The number of piperidine rings is 1. The van der Waals surface area contributed by atoms with E-state index in [0.717, 1.165) is 27.9 Å². The SMILES string of the molecule is COc1cc(Cc2csc(N3CCC(S(=O)(=O)c4ccc(Cl)cc4)CC3)n2)cc(OC)c1. The first-order valence-corrected chi connectivity index (χ1v) is 13.1. The van der Waals surface area contributed by atoms with Crippen LogP contribution >= 0.6 is 22.9 Å². The summed E-state index contributed by atoms with van der Waals surface area (Å²) in [5.41, 5.74) is 2.03. The Morgan fingerprint density at radius 2 is 1.69 bits per heavy atom. The third-order valence-electron chi connectivity index (χ3n) is 5.63. The number of nitrogens with zero attached hydrogens (tertiary/aromatic N) is 2. The molecule has 9 heteroatoms. The highest BCUT2D eigenvalue weighted by molar-refractivity contribution is 7.92. The summed E-state index contributed by atoms with van der Waals surface area (Å²) in [5, 5.41) is 3.13. The Morgan fingerprint density at radius 3 is 2.28 bits per heavy atom. The summed E-state index contributed by atoms with van der Waals surface area (Å²) >= 11 is 7.49. The molecule has 32 heavy (non-hydrogen) atoms. The lowest BCUT2D eigenvalue weighted by Crippen LogP contribution is -2.39. The van der Waals surface area contributed by atoms with Gasteiger partial charge in [0.25, 0.3) is 0 Å². The van der Waals surface area contributed by atoms with E-state index in [0.29, 0.717) is 42.3 Å². The number of rotatable bonds is 7. The fraction of sp³-hybridized carbons (Fsp3) is 0.348. The number of benzene rings is 2. The Hall–Kier alpha value is -2.29. The lowest BCUT2D eigenvalue weighted by Gasteiger charge is -2.31. The van der Waals surface area contributed by atoms with E-state index in [4.69, 9.17) is 26.1 Å². The summed E-state index contributed by atoms with van der Waals surface area (Å²) in [6, 6.07) is 12.2. The second-order valence-corrected chi connectivity index (χ2v) is 11.2. The lowest BCUT2D eigenvalue weighted by atomic mass is 10.1. The van der Waals surface area contributed by atoms with Crippen LogP contribution in [-0.2, 0) is 16.3 Å². The predicted octanol–water partition coefficient (Wildman–Crippen LogP) is 4.85. The van der Waals surface area contributed by atoms with Crippen molar-refractivity contribution in [3.63, 3.8) is 0 Å². The zero-order valence-corrected chi connectivity index (χ0v) is 20.3. The molecule has 0 aliphatic carbocycles. The fourth-order valence-electron chi connectivity index (χ4n) is 3.87. The highest BCUT2D eigenvalue weighted by Gasteiger charge is 2.32. The molecular formula is C23H25ClN2O4S2. The molecule has 2 heterocycles. The second kappa shape index (κ2) is 9.68. The molecule has 3 aromatic rings. The molecule has 1 aromatic heterocycles. The molecule has 4 rings (SSSR count). The number of thiazole rings is 1. The topological polar surface area (TPSA) is 68.7 Å².